The summed E-state index contributed by atoms with van der Waals surface area (Å²) in [5.41, 5.74) is 2.93. The second kappa shape index (κ2) is 10.2. The van der Waals surface area contributed by atoms with Crippen molar-refractivity contribution in [1.82, 2.24) is 19.8 Å². The smallest absolute Gasteiger partial charge is 0.274 e. The zero-order valence-corrected chi connectivity index (χ0v) is 19.9. The number of nitrogens with zero attached hydrogens (tertiary/aromatic N) is 3. The van der Waals surface area contributed by atoms with Gasteiger partial charge >= 0.3 is 0 Å². The number of rotatable bonds is 5. The van der Waals surface area contributed by atoms with Gasteiger partial charge in [-0.2, -0.15) is 0 Å². The standard InChI is InChI=1S/C26H26ClFN4O3/c27-20-6-4-18(5-7-20)23-14-32-16-30-24(22(32)15-35-23)26(34)31-10-8-19(9-11-31)25(33)29-13-17-2-1-3-21(28)12-17/h1-7,12,16,19,23H,8-11,13-15H2,(H,29,33)/t23-/m1/s1. The molecule has 182 valence electrons. The number of fused-ring (bicyclic) bond motifs is 1. The van der Waals surface area contributed by atoms with E-state index in [0.29, 0.717) is 49.8 Å². The Bertz CT molecular complexity index is 1220. The van der Waals surface area contributed by atoms with Crippen LogP contribution in [-0.4, -0.2) is 39.4 Å². The van der Waals surface area contributed by atoms with Crippen molar-refractivity contribution in [2.24, 2.45) is 5.92 Å². The highest BCUT2D eigenvalue weighted by Crippen LogP contribution is 2.29. The topological polar surface area (TPSA) is 76.5 Å². The lowest BCUT2D eigenvalue weighted by Gasteiger charge is -2.31. The molecule has 2 amide bonds. The molecule has 1 fully saturated rings. The van der Waals surface area contributed by atoms with E-state index in [2.05, 4.69) is 10.3 Å². The Morgan fingerprint density at radius 3 is 2.66 bits per heavy atom. The van der Waals surface area contributed by atoms with Gasteiger partial charge in [-0.25, -0.2) is 9.37 Å². The molecule has 2 aromatic carbocycles. The Labute approximate surface area is 207 Å². The highest BCUT2D eigenvalue weighted by molar-refractivity contribution is 6.30. The van der Waals surface area contributed by atoms with Gasteiger partial charge in [-0.15, -0.1) is 0 Å². The molecule has 2 aliphatic rings. The summed E-state index contributed by atoms with van der Waals surface area (Å²) in [5, 5.41) is 3.56. The first-order valence-electron chi connectivity index (χ1n) is 11.7. The summed E-state index contributed by atoms with van der Waals surface area (Å²) in [7, 11) is 0. The van der Waals surface area contributed by atoms with E-state index >= 15 is 0 Å². The molecule has 0 unspecified atom stereocenters. The van der Waals surface area contributed by atoms with E-state index in [1.54, 1.807) is 23.4 Å². The summed E-state index contributed by atoms with van der Waals surface area (Å²) in [6.45, 7) is 2.13. The van der Waals surface area contributed by atoms with Crippen LogP contribution in [0.4, 0.5) is 4.39 Å². The zero-order chi connectivity index (χ0) is 24.4. The predicted molar refractivity (Wildman–Crippen MR) is 128 cm³/mol. The van der Waals surface area contributed by atoms with Gasteiger partial charge in [0, 0.05) is 30.6 Å². The van der Waals surface area contributed by atoms with Gasteiger partial charge in [0.15, 0.2) is 5.69 Å². The monoisotopic (exact) mass is 496 g/mol. The van der Waals surface area contributed by atoms with Crippen molar-refractivity contribution in [3.8, 4) is 0 Å². The maximum absolute atomic E-state index is 13.3. The number of aromatic nitrogens is 2. The van der Waals surface area contributed by atoms with Gasteiger partial charge in [0.25, 0.3) is 5.91 Å². The lowest BCUT2D eigenvalue weighted by Crippen LogP contribution is -2.43. The molecule has 1 atom stereocenters. The van der Waals surface area contributed by atoms with Crippen LogP contribution in [0.2, 0.25) is 5.02 Å². The molecular formula is C26H26ClFN4O3. The number of nitrogens with one attached hydrogen (secondary N) is 1. The second-order valence-electron chi connectivity index (χ2n) is 8.96. The van der Waals surface area contributed by atoms with E-state index < -0.39 is 0 Å². The van der Waals surface area contributed by atoms with Crippen molar-refractivity contribution in [3.05, 3.63) is 88.2 Å². The molecule has 0 aliphatic carbocycles. The molecule has 0 saturated carbocycles. The van der Waals surface area contributed by atoms with Crippen LogP contribution in [-0.2, 0) is 29.2 Å². The van der Waals surface area contributed by atoms with Crippen LogP contribution >= 0.6 is 11.6 Å². The van der Waals surface area contributed by atoms with E-state index in [4.69, 9.17) is 16.3 Å². The number of ether oxygens (including phenoxy) is 1. The van der Waals surface area contributed by atoms with Gasteiger partial charge in [-0.05, 0) is 48.2 Å². The maximum atomic E-state index is 13.3. The minimum absolute atomic E-state index is 0.0672. The number of benzene rings is 2. The Morgan fingerprint density at radius 1 is 1.14 bits per heavy atom. The molecule has 3 heterocycles. The minimum atomic E-state index is -0.323. The third-order valence-electron chi connectivity index (χ3n) is 6.68. The first-order valence-corrected chi connectivity index (χ1v) is 12.1. The summed E-state index contributed by atoms with van der Waals surface area (Å²) in [5.74, 6) is -0.698. The zero-order valence-electron chi connectivity index (χ0n) is 19.1. The van der Waals surface area contributed by atoms with Crippen molar-refractivity contribution in [3.63, 3.8) is 0 Å². The van der Waals surface area contributed by atoms with Gasteiger partial charge in [-0.1, -0.05) is 35.9 Å². The average Bonchev–Trinajstić information content (AvgIpc) is 3.31. The third-order valence-corrected chi connectivity index (χ3v) is 6.94. The summed E-state index contributed by atoms with van der Waals surface area (Å²) in [6.07, 6.45) is 2.72. The van der Waals surface area contributed by atoms with Crippen molar-refractivity contribution < 1.29 is 18.7 Å². The average molecular weight is 497 g/mol. The second-order valence-corrected chi connectivity index (χ2v) is 9.39. The van der Waals surface area contributed by atoms with Crippen LogP contribution < -0.4 is 5.32 Å². The number of piperidine rings is 1. The molecule has 1 saturated heterocycles. The molecule has 3 aromatic rings. The first-order chi connectivity index (χ1) is 17.0. The number of hydrogen-bond donors (Lipinski definition) is 1. The lowest BCUT2D eigenvalue weighted by atomic mass is 9.95. The molecule has 9 heteroatoms. The fourth-order valence-electron chi connectivity index (χ4n) is 4.66. The molecule has 1 N–H and O–H groups in total. The fourth-order valence-corrected chi connectivity index (χ4v) is 4.79. The van der Waals surface area contributed by atoms with Crippen LogP contribution in [0.25, 0.3) is 0 Å². The number of carbonyl (C=O) groups is 2. The number of carbonyl (C=O) groups excluding carboxylic acids is 2. The number of hydrogen-bond acceptors (Lipinski definition) is 4. The van der Waals surface area contributed by atoms with E-state index in [0.717, 1.165) is 16.8 Å². The van der Waals surface area contributed by atoms with E-state index in [-0.39, 0.29) is 36.2 Å². The summed E-state index contributed by atoms with van der Waals surface area (Å²) >= 11 is 5.98. The Hall–Kier alpha value is -3.23. The summed E-state index contributed by atoms with van der Waals surface area (Å²) in [6, 6.07) is 13.7. The molecule has 7 nitrogen and oxygen atoms in total. The minimum Gasteiger partial charge on any atom is -0.365 e. The van der Waals surface area contributed by atoms with E-state index in [9.17, 15) is 14.0 Å². The molecule has 0 radical (unpaired) electrons. The van der Waals surface area contributed by atoms with Gasteiger partial charge < -0.3 is 19.5 Å². The molecule has 35 heavy (non-hydrogen) atoms. The lowest BCUT2D eigenvalue weighted by molar-refractivity contribution is -0.126. The first kappa shape index (κ1) is 23.5. The van der Waals surface area contributed by atoms with Crippen LogP contribution in [0, 0.1) is 11.7 Å². The Balaban J connectivity index is 1.15. The Morgan fingerprint density at radius 2 is 1.91 bits per heavy atom. The third kappa shape index (κ3) is 5.23. The number of imidazole rings is 1. The fraction of sp³-hybridized carbons (Fsp3) is 0.346. The van der Waals surface area contributed by atoms with Crippen LogP contribution in [0.5, 0.6) is 0 Å². The van der Waals surface area contributed by atoms with Crippen molar-refractivity contribution >= 4 is 23.4 Å². The molecule has 2 aliphatic heterocycles. The van der Waals surface area contributed by atoms with Gasteiger partial charge in [0.05, 0.1) is 25.2 Å². The largest absolute Gasteiger partial charge is 0.365 e. The van der Waals surface area contributed by atoms with Gasteiger partial charge in [-0.3, -0.25) is 9.59 Å². The normalized spacial score (nSPS) is 18.2. The SMILES string of the molecule is O=C(NCc1cccc(F)c1)C1CCN(C(=O)c2ncn3c2CO[C@@H](c2ccc(Cl)cc2)C3)CC1. The molecule has 1 aromatic heterocycles. The van der Waals surface area contributed by atoms with Crippen molar-refractivity contribution in [2.75, 3.05) is 13.1 Å². The number of amides is 2. The number of likely N-dealkylation sites (tertiary alicyclic amines) is 1. The summed E-state index contributed by atoms with van der Waals surface area (Å²) in [4.78, 5) is 31.9. The van der Waals surface area contributed by atoms with Gasteiger partial charge in [0.2, 0.25) is 5.91 Å². The molecule has 5 rings (SSSR count). The Kier molecular flexibility index (Phi) is 6.83. The van der Waals surface area contributed by atoms with E-state index in [1.165, 1.54) is 12.1 Å². The van der Waals surface area contributed by atoms with E-state index in [1.807, 2.05) is 28.8 Å². The quantitative estimate of drug-likeness (QED) is 0.576. The van der Waals surface area contributed by atoms with Crippen LogP contribution in [0.1, 0.15) is 46.3 Å². The summed E-state index contributed by atoms with van der Waals surface area (Å²) < 4.78 is 21.3. The predicted octanol–water partition coefficient (Wildman–Crippen LogP) is 4.12. The molecule has 0 spiro atoms. The molecule has 0 bridgehead atoms. The molecular weight excluding hydrogens is 471 g/mol. The number of halogens is 2. The van der Waals surface area contributed by atoms with Crippen LogP contribution in [0.3, 0.4) is 0 Å². The van der Waals surface area contributed by atoms with Crippen molar-refractivity contribution in [1.29, 1.82) is 0 Å². The van der Waals surface area contributed by atoms with Crippen LogP contribution in [0.15, 0.2) is 54.9 Å². The highest BCUT2D eigenvalue weighted by Gasteiger charge is 2.32. The highest BCUT2D eigenvalue weighted by atomic mass is 35.5. The van der Waals surface area contributed by atoms with Crippen molar-refractivity contribution in [2.45, 2.75) is 38.6 Å². The van der Waals surface area contributed by atoms with Gasteiger partial charge in [0.1, 0.15) is 11.9 Å². The maximum Gasteiger partial charge on any atom is 0.274 e.